The number of rotatable bonds is 6. The lowest BCUT2D eigenvalue weighted by Crippen LogP contribution is -2.26. The van der Waals surface area contributed by atoms with Gasteiger partial charge in [-0.25, -0.2) is 4.98 Å². The van der Waals surface area contributed by atoms with Gasteiger partial charge >= 0.3 is 0 Å². The Hall–Kier alpha value is -0.270. The summed E-state index contributed by atoms with van der Waals surface area (Å²) in [4.78, 5) is 5.97. The normalized spacial score (nSPS) is 12.6. The summed E-state index contributed by atoms with van der Waals surface area (Å²) in [5, 5.41) is 4.62. The standard InChI is InChI=1S/C15H18Br2N2OS/c1-9-10(2)21-15(19-9)14(18-6-7-20-3)11-4-5-12(16)13(17)8-11/h4-5,8,14,18H,6-7H2,1-3H3. The fourth-order valence-corrected chi connectivity index (χ4v) is 3.64. The first-order valence-electron chi connectivity index (χ1n) is 6.64. The minimum Gasteiger partial charge on any atom is -0.383 e. The number of methoxy groups -OCH3 is 1. The van der Waals surface area contributed by atoms with Crippen molar-refractivity contribution < 1.29 is 4.74 Å². The molecule has 0 fully saturated rings. The minimum absolute atomic E-state index is 0.0851. The number of aromatic nitrogens is 1. The molecular formula is C15H18Br2N2OS. The molecule has 0 spiro atoms. The molecule has 0 aliphatic heterocycles. The van der Waals surface area contributed by atoms with Crippen LogP contribution in [0.3, 0.4) is 0 Å². The van der Waals surface area contributed by atoms with E-state index in [0.29, 0.717) is 6.61 Å². The molecule has 2 rings (SSSR count). The van der Waals surface area contributed by atoms with Gasteiger partial charge in [0.25, 0.3) is 0 Å². The van der Waals surface area contributed by atoms with Crippen molar-refractivity contribution in [3.63, 3.8) is 0 Å². The van der Waals surface area contributed by atoms with Gasteiger partial charge in [0.2, 0.25) is 0 Å². The first-order chi connectivity index (χ1) is 10.0. The van der Waals surface area contributed by atoms with Crippen LogP contribution in [0, 0.1) is 13.8 Å². The van der Waals surface area contributed by atoms with E-state index in [4.69, 9.17) is 9.72 Å². The van der Waals surface area contributed by atoms with Crippen LogP contribution in [0.4, 0.5) is 0 Å². The van der Waals surface area contributed by atoms with E-state index in [0.717, 1.165) is 26.2 Å². The molecule has 0 bridgehead atoms. The molecule has 1 unspecified atom stereocenters. The molecule has 6 heteroatoms. The molecule has 1 heterocycles. The van der Waals surface area contributed by atoms with E-state index in [9.17, 15) is 0 Å². The Morgan fingerprint density at radius 3 is 2.62 bits per heavy atom. The fraction of sp³-hybridized carbons (Fsp3) is 0.400. The zero-order valence-electron chi connectivity index (χ0n) is 12.2. The maximum atomic E-state index is 5.14. The van der Waals surface area contributed by atoms with Crippen molar-refractivity contribution in [2.45, 2.75) is 19.9 Å². The second kappa shape index (κ2) is 7.83. The zero-order chi connectivity index (χ0) is 15.4. The van der Waals surface area contributed by atoms with Gasteiger partial charge in [-0.15, -0.1) is 11.3 Å². The molecule has 0 amide bonds. The van der Waals surface area contributed by atoms with Gasteiger partial charge < -0.3 is 10.1 Å². The van der Waals surface area contributed by atoms with Crippen molar-refractivity contribution in [3.8, 4) is 0 Å². The van der Waals surface area contributed by atoms with Crippen LogP contribution >= 0.6 is 43.2 Å². The number of benzene rings is 1. The molecular weight excluding hydrogens is 416 g/mol. The van der Waals surface area contributed by atoms with Crippen molar-refractivity contribution in [2.24, 2.45) is 0 Å². The minimum atomic E-state index is 0.0851. The van der Waals surface area contributed by atoms with Crippen LogP contribution in [-0.2, 0) is 4.74 Å². The Labute approximate surface area is 146 Å². The zero-order valence-corrected chi connectivity index (χ0v) is 16.2. The molecule has 1 N–H and O–H groups in total. The average molecular weight is 434 g/mol. The molecule has 0 aliphatic rings. The topological polar surface area (TPSA) is 34.1 Å². The van der Waals surface area contributed by atoms with E-state index in [1.54, 1.807) is 18.4 Å². The summed E-state index contributed by atoms with van der Waals surface area (Å²) in [6, 6.07) is 6.38. The largest absolute Gasteiger partial charge is 0.383 e. The molecule has 1 aromatic heterocycles. The lowest BCUT2D eigenvalue weighted by atomic mass is 10.1. The van der Waals surface area contributed by atoms with E-state index < -0.39 is 0 Å². The third-order valence-corrected chi connectivity index (χ3v) is 6.24. The highest BCUT2D eigenvalue weighted by Gasteiger charge is 2.19. The summed E-state index contributed by atoms with van der Waals surface area (Å²) < 4.78 is 7.23. The van der Waals surface area contributed by atoms with Crippen LogP contribution in [0.1, 0.15) is 27.2 Å². The van der Waals surface area contributed by atoms with E-state index in [1.165, 1.54) is 10.4 Å². The van der Waals surface area contributed by atoms with Gasteiger partial charge in [-0.1, -0.05) is 6.07 Å². The number of hydrogen-bond acceptors (Lipinski definition) is 4. The van der Waals surface area contributed by atoms with E-state index in [2.05, 4.69) is 69.2 Å². The first kappa shape index (κ1) is 17.1. The molecule has 2 aromatic rings. The Morgan fingerprint density at radius 1 is 1.29 bits per heavy atom. The van der Waals surface area contributed by atoms with E-state index in [-0.39, 0.29) is 6.04 Å². The van der Waals surface area contributed by atoms with Gasteiger partial charge in [0.05, 0.1) is 18.3 Å². The van der Waals surface area contributed by atoms with Gasteiger partial charge in [-0.3, -0.25) is 0 Å². The number of halogens is 2. The Balaban J connectivity index is 2.32. The van der Waals surface area contributed by atoms with Crippen LogP contribution in [0.15, 0.2) is 27.1 Å². The number of hydrogen-bond donors (Lipinski definition) is 1. The number of aryl methyl sites for hydroxylation is 2. The summed E-state index contributed by atoms with van der Waals surface area (Å²) in [5.74, 6) is 0. The molecule has 1 aromatic carbocycles. The smallest absolute Gasteiger partial charge is 0.115 e. The van der Waals surface area contributed by atoms with Gasteiger partial charge in [-0.05, 0) is 63.4 Å². The highest BCUT2D eigenvalue weighted by Crippen LogP contribution is 2.32. The average Bonchev–Trinajstić information content (AvgIpc) is 2.78. The first-order valence-corrected chi connectivity index (χ1v) is 9.04. The number of ether oxygens (including phenoxy) is 1. The Kier molecular flexibility index (Phi) is 6.37. The number of nitrogens with zero attached hydrogens (tertiary/aromatic N) is 1. The van der Waals surface area contributed by atoms with Gasteiger partial charge in [0, 0.05) is 27.5 Å². The van der Waals surface area contributed by atoms with Crippen LogP contribution in [0.25, 0.3) is 0 Å². The van der Waals surface area contributed by atoms with Crippen molar-refractivity contribution >= 4 is 43.2 Å². The monoisotopic (exact) mass is 432 g/mol. The molecule has 0 saturated heterocycles. The quantitative estimate of drug-likeness (QED) is 0.675. The lowest BCUT2D eigenvalue weighted by Gasteiger charge is -2.17. The molecule has 0 saturated carbocycles. The van der Waals surface area contributed by atoms with Crippen molar-refractivity contribution in [1.29, 1.82) is 0 Å². The molecule has 1 atom stereocenters. The van der Waals surface area contributed by atoms with Crippen LogP contribution in [-0.4, -0.2) is 25.2 Å². The molecule has 0 aliphatic carbocycles. The maximum absolute atomic E-state index is 5.14. The highest BCUT2D eigenvalue weighted by molar-refractivity contribution is 9.13. The predicted molar refractivity (Wildman–Crippen MR) is 95.2 cm³/mol. The maximum Gasteiger partial charge on any atom is 0.115 e. The lowest BCUT2D eigenvalue weighted by molar-refractivity contribution is 0.197. The molecule has 0 radical (unpaired) electrons. The third kappa shape index (κ3) is 4.36. The van der Waals surface area contributed by atoms with Gasteiger partial charge in [0.1, 0.15) is 5.01 Å². The summed E-state index contributed by atoms with van der Waals surface area (Å²) in [6.07, 6.45) is 0. The van der Waals surface area contributed by atoms with Crippen molar-refractivity contribution in [2.75, 3.05) is 20.3 Å². The molecule has 3 nitrogen and oxygen atoms in total. The van der Waals surface area contributed by atoms with Crippen LogP contribution < -0.4 is 5.32 Å². The van der Waals surface area contributed by atoms with Crippen LogP contribution in [0.5, 0.6) is 0 Å². The predicted octanol–water partition coefficient (Wildman–Crippen LogP) is 4.61. The number of nitrogens with one attached hydrogen (secondary N) is 1. The fourth-order valence-electron chi connectivity index (χ4n) is 1.97. The van der Waals surface area contributed by atoms with Gasteiger partial charge in [-0.2, -0.15) is 0 Å². The second-order valence-electron chi connectivity index (χ2n) is 4.75. The molecule has 21 heavy (non-hydrogen) atoms. The second-order valence-corrected chi connectivity index (χ2v) is 7.69. The number of thiazole rings is 1. The van der Waals surface area contributed by atoms with E-state index >= 15 is 0 Å². The Bertz CT molecular complexity index is 596. The van der Waals surface area contributed by atoms with Crippen molar-refractivity contribution in [3.05, 3.63) is 48.3 Å². The van der Waals surface area contributed by atoms with E-state index in [1.807, 2.05) is 0 Å². The summed E-state index contributed by atoms with van der Waals surface area (Å²) in [5.41, 5.74) is 2.29. The Morgan fingerprint density at radius 2 is 2.05 bits per heavy atom. The highest BCUT2D eigenvalue weighted by atomic mass is 79.9. The summed E-state index contributed by atoms with van der Waals surface area (Å²) in [6.45, 7) is 5.63. The SMILES string of the molecule is COCCNC(c1ccc(Br)c(Br)c1)c1nc(C)c(C)s1. The molecule has 114 valence electrons. The third-order valence-electron chi connectivity index (χ3n) is 3.22. The summed E-state index contributed by atoms with van der Waals surface area (Å²) in [7, 11) is 1.71. The van der Waals surface area contributed by atoms with Crippen molar-refractivity contribution in [1.82, 2.24) is 10.3 Å². The van der Waals surface area contributed by atoms with Crippen LogP contribution in [0.2, 0.25) is 0 Å². The summed E-state index contributed by atoms with van der Waals surface area (Å²) >= 11 is 8.83. The van der Waals surface area contributed by atoms with Gasteiger partial charge in [0.15, 0.2) is 0 Å².